The number of allylic oxidation sites excluding steroid dienone is 3. The van der Waals surface area contributed by atoms with Gasteiger partial charge in [-0.25, -0.2) is 0 Å². The molecule has 0 aliphatic heterocycles. The molecular formula is C13H21NO. The lowest BCUT2D eigenvalue weighted by atomic mass is 9.85. The van der Waals surface area contributed by atoms with Crippen molar-refractivity contribution < 1.29 is 4.79 Å². The minimum atomic E-state index is 0.258. The molecule has 0 saturated heterocycles. The van der Waals surface area contributed by atoms with Gasteiger partial charge in [0.25, 0.3) is 0 Å². The molecule has 1 N–H and O–H groups in total. The van der Waals surface area contributed by atoms with E-state index in [1.807, 2.05) is 13.0 Å². The maximum absolute atomic E-state index is 10.5. The maximum atomic E-state index is 10.5. The first-order valence-corrected chi connectivity index (χ1v) is 5.52. The number of rotatable bonds is 3. The Labute approximate surface area is 92.4 Å². The van der Waals surface area contributed by atoms with Crippen molar-refractivity contribution in [3.8, 4) is 0 Å². The molecule has 0 aromatic heterocycles. The zero-order valence-electron chi connectivity index (χ0n) is 10.3. The Hall–Kier alpha value is -1.05. The van der Waals surface area contributed by atoms with Gasteiger partial charge in [-0.3, -0.25) is 4.79 Å². The normalized spacial score (nSPS) is 25.7. The zero-order chi connectivity index (χ0) is 11.6. The van der Waals surface area contributed by atoms with Crippen LogP contribution in [0.15, 0.2) is 22.9 Å². The lowest BCUT2D eigenvalue weighted by Crippen LogP contribution is -2.14. The second kappa shape index (κ2) is 4.21. The smallest absolute Gasteiger partial charge is 0.211 e. The predicted molar refractivity (Wildman–Crippen MR) is 63.2 cm³/mol. The van der Waals surface area contributed by atoms with Crippen LogP contribution in [-0.4, -0.2) is 6.41 Å². The van der Waals surface area contributed by atoms with Crippen LogP contribution in [0.2, 0.25) is 0 Å². The Morgan fingerprint density at radius 3 is 2.47 bits per heavy atom. The summed E-state index contributed by atoms with van der Waals surface area (Å²) in [6.07, 6.45) is 3.89. The van der Waals surface area contributed by atoms with Crippen LogP contribution in [0.5, 0.6) is 0 Å². The van der Waals surface area contributed by atoms with Crippen LogP contribution in [0.1, 0.15) is 41.0 Å². The molecule has 0 aromatic carbocycles. The van der Waals surface area contributed by atoms with Gasteiger partial charge in [-0.15, -0.1) is 0 Å². The topological polar surface area (TPSA) is 29.1 Å². The van der Waals surface area contributed by atoms with E-state index in [0.717, 1.165) is 18.5 Å². The molecule has 2 nitrogen and oxygen atoms in total. The van der Waals surface area contributed by atoms with Crippen LogP contribution in [0.3, 0.4) is 0 Å². The van der Waals surface area contributed by atoms with Crippen LogP contribution >= 0.6 is 0 Å². The lowest BCUT2D eigenvalue weighted by Gasteiger charge is -2.19. The van der Waals surface area contributed by atoms with Crippen LogP contribution in [0.4, 0.5) is 0 Å². The number of hydrogen-bond donors (Lipinski definition) is 1. The number of carbonyl (C=O) groups excluding carboxylic acids is 1. The summed E-state index contributed by atoms with van der Waals surface area (Å²) in [4.78, 5) is 10.5. The summed E-state index contributed by atoms with van der Waals surface area (Å²) in [7, 11) is 0. The molecule has 1 aliphatic rings. The zero-order valence-corrected chi connectivity index (χ0v) is 10.3. The summed E-state index contributed by atoms with van der Waals surface area (Å²) >= 11 is 0. The minimum absolute atomic E-state index is 0.258. The van der Waals surface area contributed by atoms with Gasteiger partial charge in [0.05, 0.1) is 0 Å². The Morgan fingerprint density at radius 1 is 1.53 bits per heavy atom. The van der Waals surface area contributed by atoms with Gasteiger partial charge in [0.1, 0.15) is 0 Å². The molecule has 0 aromatic rings. The molecule has 1 amide bonds. The van der Waals surface area contributed by atoms with Crippen LogP contribution in [-0.2, 0) is 4.79 Å². The molecule has 2 heteroatoms. The van der Waals surface area contributed by atoms with Crippen molar-refractivity contribution >= 4 is 6.41 Å². The van der Waals surface area contributed by atoms with E-state index in [9.17, 15) is 4.79 Å². The molecular weight excluding hydrogens is 186 g/mol. The van der Waals surface area contributed by atoms with Crippen LogP contribution in [0, 0.1) is 11.3 Å². The van der Waals surface area contributed by atoms with Crippen molar-refractivity contribution in [1.82, 2.24) is 5.32 Å². The fraction of sp³-hybridized carbons (Fsp3) is 0.615. The van der Waals surface area contributed by atoms with Crippen molar-refractivity contribution in [1.29, 1.82) is 0 Å². The molecule has 0 bridgehead atoms. The average molecular weight is 207 g/mol. The summed E-state index contributed by atoms with van der Waals surface area (Å²) in [5.74, 6) is 0.527. The summed E-state index contributed by atoms with van der Waals surface area (Å²) in [5, 5.41) is 2.80. The highest BCUT2D eigenvalue weighted by Gasteiger charge is 2.35. The van der Waals surface area contributed by atoms with Gasteiger partial charge in [-0.1, -0.05) is 32.4 Å². The molecule has 0 heterocycles. The Balaban J connectivity index is 3.12. The molecule has 1 aliphatic carbocycles. The van der Waals surface area contributed by atoms with Crippen molar-refractivity contribution in [2.45, 2.75) is 41.0 Å². The van der Waals surface area contributed by atoms with Crippen molar-refractivity contribution in [2.24, 2.45) is 11.3 Å². The molecule has 1 unspecified atom stereocenters. The van der Waals surface area contributed by atoms with Gasteiger partial charge in [0.15, 0.2) is 0 Å². The third kappa shape index (κ3) is 2.14. The van der Waals surface area contributed by atoms with Gasteiger partial charge >= 0.3 is 0 Å². The Morgan fingerprint density at radius 2 is 2.13 bits per heavy atom. The largest absolute Gasteiger partial charge is 0.329 e. The van der Waals surface area contributed by atoms with Crippen molar-refractivity contribution in [3.05, 3.63) is 22.9 Å². The lowest BCUT2D eigenvalue weighted by molar-refractivity contribution is -0.108. The third-order valence-corrected chi connectivity index (χ3v) is 3.52. The molecule has 15 heavy (non-hydrogen) atoms. The molecule has 1 rings (SSSR count). The highest BCUT2D eigenvalue weighted by atomic mass is 16.1. The summed E-state index contributed by atoms with van der Waals surface area (Å²) in [6.45, 7) is 10.9. The number of hydrogen-bond acceptors (Lipinski definition) is 1. The van der Waals surface area contributed by atoms with Gasteiger partial charge in [-0.2, -0.15) is 0 Å². The second-order valence-electron chi connectivity index (χ2n) is 4.99. The molecule has 84 valence electrons. The highest BCUT2D eigenvalue weighted by molar-refractivity contribution is 5.55. The molecule has 0 saturated carbocycles. The Kier molecular flexibility index (Phi) is 3.38. The van der Waals surface area contributed by atoms with E-state index in [0.29, 0.717) is 5.92 Å². The Bertz CT molecular complexity index is 323. The van der Waals surface area contributed by atoms with E-state index in [4.69, 9.17) is 0 Å². The predicted octanol–water partition coefficient (Wildman–Crippen LogP) is 3.02. The molecule has 0 spiro atoms. The summed E-state index contributed by atoms with van der Waals surface area (Å²) < 4.78 is 0. The van der Waals surface area contributed by atoms with Crippen LogP contribution in [0.25, 0.3) is 0 Å². The van der Waals surface area contributed by atoms with E-state index in [1.54, 1.807) is 0 Å². The number of nitrogens with one attached hydrogen (secondary N) is 1. The van der Waals surface area contributed by atoms with E-state index in [1.165, 1.54) is 11.1 Å². The molecule has 0 fully saturated rings. The molecule has 1 atom stereocenters. The van der Waals surface area contributed by atoms with Crippen LogP contribution < -0.4 is 5.32 Å². The van der Waals surface area contributed by atoms with Crippen molar-refractivity contribution in [3.63, 3.8) is 0 Å². The minimum Gasteiger partial charge on any atom is -0.329 e. The van der Waals surface area contributed by atoms with Gasteiger partial charge < -0.3 is 5.32 Å². The number of carbonyl (C=O) groups is 1. The first-order chi connectivity index (χ1) is 6.94. The van der Waals surface area contributed by atoms with E-state index < -0.39 is 0 Å². The van der Waals surface area contributed by atoms with E-state index in [-0.39, 0.29) is 5.41 Å². The fourth-order valence-corrected chi connectivity index (χ4v) is 2.60. The van der Waals surface area contributed by atoms with E-state index in [2.05, 4.69) is 33.0 Å². The second-order valence-corrected chi connectivity index (χ2v) is 4.99. The van der Waals surface area contributed by atoms with E-state index >= 15 is 0 Å². The first-order valence-electron chi connectivity index (χ1n) is 5.52. The number of amides is 1. The van der Waals surface area contributed by atoms with Gasteiger partial charge in [0.2, 0.25) is 6.41 Å². The monoisotopic (exact) mass is 207 g/mol. The fourth-order valence-electron chi connectivity index (χ4n) is 2.60. The summed E-state index contributed by atoms with van der Waals surface area (Å²) in [6, 6.07) is 0. The SMILES string of the molecule is C/C=C(/NC=O)C1=C(C)C(C)(C)CC1C. The average Bonchev–Trinajstić information content (AvgIpc) is 2.34. The van der Waals surface area contributed by atoms with Gasteiger partial charge in [0, 0.05) is 5.70 Å². The third-order valence-electron chi connectivity index (χ3n) is 3.52. The quantitative estimate of drug-likeness (QED) is 0.708. The van der Waals surface area contributed by atoms with Gasteiger partial charge in [-0.05, 0) is 37.2 Å². The standard InChI is InChI=1S/C13H21NO/c1-6-11(14-8-15)12-9(2)7-13(4,5)10(12)3/h6,8-9H,7H2,1-5H3,(H,14,15)/b11-6+. The molecule has 0 radical (unpaired) electrons. The summed E-state index contributed by atoms with van der Waals surface area (Å²) in [5.41, 5.74) is 3.95. The highest BCUT2D eigenvalue weighted by Crippen LogP contribution is 2.47. The van der Waals surface area contributed by atoms with Crippen molar-refractivity contribution in [2.75, 3.05) is 0 Å². The maximum Gasteiger partial charge on any atom is 0.211 e. The first kappa shape index (κ1) is 12.0.